The highest BCUT2D eigenvalue weighted by atomic mass is 35.5. The van der Waals surface area contributed by atoms with E-state index in [1.807, 2.05) is 60.7 Å². The molecule has 4 aromatic rings. The Morgan fingerprint density at radius 1 is 0.750 bits per heavy atom. The molecule has 3 atom stereocenters. The summed E-state index contributed by atoms with van der Waals surface area (Å²) in [6.45, 7) is 0. The number of fused-ring (bicyclic) bond motifs is 6. The Kier molecular flexibility index (Phi) is 6.51. The van der Waals surface area contributed by atoms with Crippen molar-refractivity contribution in [3.63, 3.8) is 0 Å². The SMILES string of the molecule is Oc1c(Cl)cc(Cl)c2c1C(Oc1c(Cl)cc(Cl)c3c1C=N[C@@H]1OC(c4ccccc4)=NN31)N[C@H]1OC(c3ccccc3)=NN21. The van der Waals surface area contributed by atoms with Crippen LogP contribution in [0.2, 0.25) is 20.1 Å². The molecule has 1 unspecified atom stereocenters. The number of benzene rings is 4. The quantitative estimate of drug-likeness (QED) is 0.240. The van der Waals surface area contributed by atoms with E-state index in [0.717, 1.165) is 11.1 Å². The van der Waals surface area contributed by atoms with Gasteiger partial charge in [0.1, 0.15) is 5.75 Å². The van der Waals surface area contributed by atoms with Crippen molar-refractivity contribution in [1.29, 1.82) is 0 Å². The minimum atomic E-state index is -1.06. The molecule has 0 aliphatic carbocycles. The summed E-state index contributed by atoms with van der Waals surface area (Å²) in [5.74, 6) is 0.703. The van der Waals surface area contributed by atoms with Crippen molar-refractivity contribution >= 4 is 75.8 Å². The Morgan fingerprint density at radius 2 is 1.36 bits per heavy atom. The van der Waals surface area contributed by atoms with Crippen LogP contribution in [0.1, 0.15) is 28.5 Å². The third kappa shape index (κ3) is 4.33. The number of nitrogens with one attached hydrogen (secondary N) is 1. The number of ether oxygens (including phenoxy) is 3. The summed E-state index contributed by atoms with van der Waals surface area (Å²) >= 11 is 26.5. The molecule has 0 radical (unpaired) electrons. The Labute approximate surface area is 270 Å². The van der Waals surface area contributed by atoms with Gasteiger partial charge in [0.2, 0.25) is 11.8 Å². The average Bonchev–Trinajstić information content (AvgIpc) is 3.66. The van der Waals surface area contributed by atoms with Crippen LogP contribution in [0.15, 0.2) is 88.0 Å². The van der Waals surface area contributed by atoms with E-state index in [0.29, 0.717) is 33.8 Å². The summed E-state index contributed by atoms with van der Waals surface area (Å²) in [7, 11) is 0. The first kappa shape index (κ1) is 27.4. The summed E-state index contributed by atoms with van der Waals surface area (Å²) in [5, 5.41) is 27.6. The fourth-order valence-corrected chi connectivity index (χ4v) is 6.50. The lowest BCUT2D eigenvalue weighted by Crippen LogP contribution is -2.49. The third-order valence-electron chi connectivity index (χ3n) is 7.30. The van der Waals surface area contributed by atoms with Crippen molar-refractivity contribution in [2.24, 2.45) is 15.2 Å². The first-order valence-corrected chi connectivity index (χ1v) is 14.8. The van der Waals surface area contributed by atoms with Crippen LogP contribution in [-0.2, 0) is 9.47 Å². The van der Waals surface area contributed by atoms with Crippen LogP contribution in [-0.4, -0.2) is 35.8 Å². The van der Waals surface area contributed by atoms with Gasteiger partial charge in [-0.15, -0.1) is 10.2 Å². The van der Waals surface area contributed by atoms with Crippen LogP contribution in [0.3, 0.4) is 0 Å². The Morgan fingerprint density at radius 3 is 2.07 bits per heavy atom. The zero-order chi connectivity index (χ0) is 30.1. The normalized spacial score (nSPS) is 21.0. The molecule has 0 amide bonds. The lowest BCUT2D eigenvalue weighted by Gasteiger charge is -2.37. The molecule has 10 nitrogen and oxygen atoms in total. The number of anilines is 2. The van der Waals surface area contributed by atoms with Crippen molar-refractivity contribution in [3.8, 4) is 11.5 Å². The predicted molar refractivity (Wildman–Crippen MR) is 169 cm³/mol. The van der Waals surface area contributed by atoms with Gasteiger partial charge < -0.3 is 19.3 Å². The highest BCUT2D eigenvalue weighted by Crippen LogP contribution is 2.51. The van der Waals surface area contributed by atoms with Crippen LogP contribution in [0.5, 0.6) is 11.5 Å². The summed E-state index contributed by atoms with van der Waals surface area (Å²) < 4.78 is 18.7. The van der Waals surface area contributed by atoms with Crippen LogP contribution in [0, 0.1) is 0 Å². The molecule has 14 heteroatoms. The molecule has 4 aromatic carbocycles. The van der Waals surface area contributed by atoms with Gasteiger partial charge >= 0.3 is 0 Å². The van der Waals surface area contributed by atoms with Gasteiger partial charge in [0.25, 0.3) is 12.7 Å². The molecule has 44 heavy (non-hydrogen) atoms. The summed E-state index contributed by atoms with van der Waals surface area (Å²) in [4.78, 5) is 4.53. The second-order valence-electron chi connectivity index (χ2n) is 9.97. The monoisotopic (exact) mass is 666 g/mol. The lowest BCUT2D eigenvalue weighted by molar-refractivity contribution is 0.0638. The summed E-state index contributed by atoms with van der Waals surface area (Å²) in [6.07, 6.45) is -1.10. The molecule has 0 bridgehead atoms. The molecule has 8 rings (SSSR count). The largest absolute Gasteiger partial charge is 0.506 e. The predicted octanol–water partition coefficient (Wildman–Crippen LogP) is 7.08. The van der Waals surface area contributed by atoms with E-state index in [2.05, 4.69) is 20.5 Å². The van der Waals surface area contributed by atoms with Crippen LogP contribution in [0.25, 0.3) is 0 Å². The fraction of sp³-hybridized carbons (Fsp3) is 0.100. The van der Waals surface area contributed by atoms with Crippen LogP contribution >= 0.6 is 46.4 Å². The number of phenols is 1. The molecule has 0 fully saturated rings. The van der Waals surface area contributed by atoms with E-state index < -0.39 is 18.9 Å². The molecular formula is C30H18Cl4N6O4. The van der Waals surface area contributed by atoms with Crippen molar-refractivity contribution in [1.82, 2.24) is 5.32 Å². The van der Waals surface area contributed by atoms with Gasteiger partial charge in [-0.25, -0.2) is 15.3 Å². The van der Waals surface area contributed by atoms with Gasteiger partial charge in [-0.05, 0) is 36.4 Å². The van der Waals surface area contributed by atoms with E-state index in [9.17, 15) is 5.11 Å². The molecule has 4 heterocycles. The Balaban J connectivity index is 1.20. The average molecular weight is 668 g/mol. The number of aromatic hydroxyl groups is 1. The highest BCUT2D eigenvalue weighted by Gasteiger charge is 2.44. The van der Waals surface area contributed by atoms with Crippen LogP contribution < -0.4 is 20.1 Å². The summed E-state index contributed by atoms with van der Waals surface area (Å²) in [6, 6.07) is 21.8. The molecule has 220 valence electrons. The number of phenolic OH excluding ortho intramolecular Hbond substituents is 1. The first-order valence-electron chi connectivity index (χ1n) is 13.3. The summed E-state index contributed by atoms with van der Waals surface area (Å²) in [5.41, 5.74) is 3.05. The topological polar surface area (TPSA) is 104 Å². The Hall–Kier alpha value is -4.19. The standard InChI is InChI=1S/C30H18Cl4N6O4/c31-17-12-20(34)25(16-13-35-29-39(22(16)17)37-26(43-29)14-7-3-1-4-8-14)42-28-21-23(18(32)11-19(33)24(21)41)40-30(36-28)44-27(38-40)15-9-5-2-6-10-15/h1-13,28-30,36,41H/t28?,29-,30+/m0/s1. The van der Waals surface area contributed by atoms with E-state index in [4.69, 9.17) is 60.6 Å². The molecule has 0 spiro atoms. The maximum absolute atomic E-state index is 11.2. The van der Waals surface area contributed by atoms with Crippen molar-refractivity contribution in [3.05, 3.63) is 115 Å². The number of hydrogen-bond acceptors (Lipinski definition) is 10. The second kappa shape index (κ2) is 10.5. The number of hydrazone groups is 2. The zero-order valence-corrected chi connectivity index (χ0v) is 25.2. The van der Waals surface area contributed by atoms with Gasteiger partial charge in [-0.1, -0.05) is 82.8 Å². The minimum absolute atomic E-state index is 0.0283. The third-order valence-corrected chi connectivity index (χ3v) is 8.45. The molecule has 4 aliphatic rings. The number of aliphatic imine (C=N–C) groups is 1. The van der Waals surface area contributed by atoms with Gasteiger partial charge in [-0.2, -0.15) is 5.01 Å². The van der Waals surface area contributed by atoms with Gasteiger partial charge in [0.05, 0.1) is 42.6 Å². The molecule has 0 aromatic heterocycles. The van der Waals surface area contributed by atoms with Crippen LogP contribution in [0.4, 0.5) is 11.4 Å². The number of nitrogens with zero attached hydrogens (tertiary/aromatic N) is 5. The van der Waals surface area contributed by atoms with E-state index >= 15 is 0 Å². The first-order chi connectivity index (χ1) is 21.4. The minimum Gasteiger partial charge on any atom is -0.506 e. The maximum Gasteiger partial charge on any atom is 0.291 e. The second-order valence-corrected chi connectivity index (χ2v) is 11.6. The molecule has 0 saturated heterocycles. The molecular weight excluding hydrogens is 650 g/mol. The molecule has 4 aliphatic heterocycles. The Bertz CT molecular complexity index is 1920. The van der Waals surface area contributed by atoms with Gasteiger partial charge in [0, 0.05) is 17.3 Å². The number of halogens is 4. The number of hydrogen-bond donors (Lipinski definition) is 2. The highest BCUT2D eigenvalue weighted by molar-refractivity contribution is 6.39. The van der Waals surface area contributed by atoms with E-state index in [-0.39, 0.29) is 32.1 Å². The van der Waals surface area contributed by atoms with E-state index in [1.54, 1.807) is 17.3 Å². The molecule has 0 saturated carbocycles. The maximum atomic E-state index is 11.2. The van der Waals surface area contributed by atoms with E-state index in [1.165, 1.54) is 11.1 Å². The van der Waals surface area contributed by atoms with Crippen molar-refractivity contribution in [2.75, 3.05) is 10.0 Å². The smallest absolute Gasteiger partial charge is 0.291 e. The van der Waals surface area contributed by atoms with Gasteiger partial charge in [0.15, 0.2) is 12.0 Å². The van der Waals surface area contributed by atoms with Crippen molar-refractivity contribution in [2.45, 2.75) is 18.9 Å². The number of rotatable bonds is 4. The lowest BCUT2D eigenvalue weighted by atomic mass is 10.1. The zero-order valence-electron chi connectivity index (χ0n) is 22.2. The fourth-order valence-electron chi connectivity index (χ4n) is 5.33. The van der Waals surface area contributed by atoms with Crippen molar-refractivity contribution < 1.29 is 19.3 Å². The van der Waals surface area contributed by atoms with Gasteiger partial charge in [-0.3, -0.25) is 0 Å². The molecule has 2 N–H and O–H groups in total.